The van der Waals surface area contributed by atoms with Crippen molar-refractivity contribution in [1.82, 2.24) is 9.80 Å². The van der Waals surface area contributed by atoms with Gasteiger partial charge < -0.3 is 24.1 Å². The highest BCUT2D eigenvalue weighted by Crippen LogP contribution is 2.28. The quantitative estimate of drug-likeness (QED) is 0.523. The molecule has 0 spiro atoms. The molecule has 0 radical (unpaired) electrons. The second-order valence-corrected chi connectivity index (χ2v) is 5.68. The van der Waals surface area contributed by atoms with E-state index in [0.717, 1.165) is 0 Å². The van der Waals surface area contributed by atoms with E-state index in [9.17, 15) is 18.4 Å². The molecule has 27 heavy (non-hydrogen) atoms. The predicted octanol–water partition coefficient (Wildman–Crippen LogP) is 1.34. The number of halogens is 2. The van der Waals surface area contributed by atoms with Crippen LogP contribution in [0.5, 0.6) is 11.5 Å². The second-order valence-electron chi connectivity index (χ2n) is 5.68. The van der Waals surface area contributed by atoms with Gasteiger partial charge in [-0.2, -0.15) is 8.78 Å². The Morgan fingerprint density at radius 3 is 2.44 bits per heavy atom. The van der Waals surface area contributed by atoms with Crippen LogP contribution in [-0.4, -0.2) is 74.3 Å². The lowest BCUT2D eigenvalue weighted by Crippen LogP contribution is -2.50. The van der Waals surface area contributed by atoms with E-state index in [1.807, 2.05) is 0 Å². The topological polar surface area (TPSA) is 80.7 Å². The molecule has 0 aromatic heterocycles. The molecule has 1 aromatic carbocycles. The van der Waals surface area contributed by atoms with Crippen LogP contribution in [0.1, 0.15) is 12.5 Å². The number of hydrogen-bond acceptors (Lipinski definition) is 6. The third-order valence-corrected chi connectivity index (χ3v) is 3.95. The highest BCUT2D eigenvalue weighted by molar-refractivity contribution is 5.81. The average Bonchev–Trinajstić information content (AvgIpc) is 2.65. The number of carbonyl (C=O) groups excluding carboxylic acids is 2. The first-order valence-corrected chi connectivity index (χ1v) is 8.22. The first-order valence-electron chi connectivity index (χ1n) is 8.22. The molecule has 1 fully saturated rings. The smallest absolute Gasteiger partial charge is 0.387 e. The van der Waals surface area contributed by atoms with Gasteiger partial charge in [-0.1, -0.05) is 5.16 Å². The van der Waals surface area contributed by atoms with Gasteiger partial charge in [0.05, 0.1) is 13.3 Å². The van der Waals surface area contributed by atoms with Crippen LogP contribution in [0.25, 0.3) is 0 Å². The maximum Gasteiger partial charge on any atom is 0.387 e. The Morgan fingerprint density at radius 2 is 1.85 bits per heavy atom. The molecular weight excluding hydrogens is 364 g/mol. The summed E-state index contributed by atoms with van der Waals surface area (Å²) < 4.78 is 33.9. The number of benzene rings is 1. The molecule has 1 aliphatic rings. The first kappa shape index (κ1) is 20.4. The van der Waals surface area contributed by atoms with Crippen LogP contribution < -0.4 is 9.47 Å². The van der Waals surface area contributed by atoms with Crippen molar-refractivity contribution in [1.29, 1.82) is 0 Å². The Morgan fingerprint density at radius 1 is 1.19 bits per heavy atom. The van der Waals surface area contributed by atoms with Crippen molar-refractivity contribution >= 4 is 18.0 Å². The Labute approximate surface area is 155 Å². The number of carbonyl (C=O) groups is 2. The number of methoxy groups -OCH3 is 1. The number of hydrogen-bond donors (Lipinski definition) is 0. The van der Waals surface area contributed by atoms with E-state index in [2.05, 4.69) is 9.89 Å². The van der Waals surface area contributed by atoms with Crippen LogP contribution >= 0.6 is 0 Å². The molecule has 2 amide bonds. The summed E-state index contributed by atoms with van der Waals surface area (Å²) >= 11 is 0. The SMILES string of the molecule is COc1cc(C=NOCC(=O)N2CCN(C(C)=O)CC2)ccc1OC(F)F. The van der Waals surface area contributed by atoms with Gasteiger partial charge in [0.15, 0.2) is 18.1 Å². The van der Waals surface area contributed by atoms with Gasteiger partial charge in [-0.3, -0.25) is 9.59 Å². The lowest BCUT2D eigenvalue weighted by Gasteiger charge is -2.33. The molecule has 0 aliphatic carbocycles. The second kappa shape index (κ2) is 9.70. The molecule has 0 N–H and O–H groups in total. The van der Waals surface area contributed by atoms with Gasteiger partial charge in [0.25, 0.3) is 5.91 Å². The van der Waals surface area contributed by atoms with E-state index < -0.39 is 6.61 Å². The zero-order valence-electron chi connectivity index (χ0n) is 15.1. The average molecular weight is 385 g/mol. The van der Waals surface area contributed by atoms with Crippen molar-refractivity contribution in [2.24, 2.45) is 5.16 Å². The molecule has 0 bridgehead atoms. The van der Waals surface area contributed by atoms with E-state index in [1.165, 1.54) is 38.4 Å². The number of rotatable bonds is 7. The van der Waals surface area contributed by atoms with Crippen LogP contribution in [0.4, 0.5) is 8.78 Å². The summed E-state index contributed by atoms with van der Waals surface area (Å²) in [5.74, 6) is -0.207. The molecule has 1 aliphatic heterocycles. The number of ether oxygens (including phenoxy) is 2. The van der Waals surface area contributed by atoms with Crippen LogP contribution in [0.3, 0.4) is 0 Å². The fraction of sp³-hybridized carbons (Fsp3) is 0.471. The number of oxime groups is 1. The summed E-state index contributed by atoms with van der Waals surface area (Å²) in [6.07, 6.45) is 1.33. The molecule has 0 unspecified atom stereocenters. The normalized spacial score (nSPS) is 14.6. The monoisotopic (exact) mass is 385 g/mol. The minimum atomic E-state index is -2.95. The molecule has 8 nitrogen and oxygen atoms in total. The lowest BCUT2D eigenvalue weighted by molar-refractivity contribution is -0.141. The van der Waals surface area contributed by atoms with Crippen molar-refractivity contribution in [3.8, 4) is 11.5 Å². The molecule has 1 saturated heterocycles. The highest BCUT2D eigenvalue weighted by atomic mass is 19.3. The Hall–Kier alpha value is -2.91. The van der Waals surface area contributed by atoms with Gasteiger partial charge in [0, 0.05) is 38.7 Å². The fourth-order valence-electron chi connectivity index (χ4n) is 2.51. The van der Waals surface area contributed by atoms with Crippen LogP contribution in [-0.2, 0) is 14.4 Å². The van der Waals surface area contributed by atoms with Crippen molar-refractivity contribution < 1.29 is 32.7 Å². The minimum absolute atomic E-state index is 0.0108. The maximum absolute atomic E-state index is 12.3. The van der Waals surface area contributed by atoms with E-state index >= 15 is 0 Å². The van der Waals surface area contributed by atoms with Crippen molar-refractivity contribution in [2.45, 2.75) is 13.5 Å². The van der Waals surface area contributed by atoms with Gasteiger partial charge >= 0.3 is 6.61 Å². The standard InChI is InChI=1S/C17H21F2N3O5/c1-12(23)21-5-7-22(8-6-21)16(24)11-26-20-10-13-3-4-14(27-17(18)19)15(9-13)25-2/h3-4,9-10,17H,5-8,11H2,1-2H3. The summed E-state index contributed by atoms with van der Waals surface area (Å²) in [7, 11) is 1.33. The Kier molecular flexibility index (Phi) is 7.33. The Bertz CT molecular complexity index is 691. The summed E-state index contributed by atoms with van der Waals surface area (Å²) in [5.41, 5.74) is 0.524. The number of piperazine rings is 1. The van der Waals surface area contributed by atoms with E-state index in [4.69, 9.17) is 9.57 Å². The molecule has 0 saturated carbocycles. The van der Waals surface area contributed by atoms with Crippen LogP contribution in [0, 0.1) is 0 Å². The van der Waals surface area contributed by atoms with Gasteiger partial charge in [-0.15, -0.1) is 0 Å². The summed E-state index contributed by atoms with van der Waals surface area (Å²) in [4.78, 5) is 31.6. The Balaban J connectivity index is 1.82. The third-order valence-electron chi connectivity index (χ3n) is 3.95. The fourth-order valence-corrected chi connectivity index (χ4v) is 2.51. The van der Waals surface area contributed by atoms with Gasteiger partial charge in [0.2, 0.25) is 5.91 Å². The highest BCUT2D eigenvalue weighted by Gasteiger charge is 2.22. The maximum atomic E-state index is 12.3. The van der Waals surface area contributed by atoms with Gasteiger partial charge in [-0.25, -0.2) is 0 Å². The molecular formula is C17H21F2N3O5. The minimum Gasteiger partial charge on any atom is -0.493 e. The first-order chi connectivity index (χ1) is 12.9. The van der Waals surface area contributed by atoms with E-state index in [-0.39, 0.29) is 29.9 Å². The summed E-state index contributed by atoms with van der Waals surface area (Å²) in [6, 6.07) is 4.27. The van der Waals surface area contributed by atoms with Crippen molar-refractivity contribution in [3.05, 3.63) is 23.8 Å². The van der Waals surface area contributed by atoms with Crippen LogP contribution in [0.15, 0.2) is 23.4 Å². The largest absolute Gasteiger partial charge is 0.493 e. The zero-order valence-corrected chi connectivity index (χ0v) is 15.1. The van der Waals surface area contributed by atoms with E-state index in [1.54, 1.807) is 9.80 Å². The molecule has 148 valence electrons. The molecule has 2 rings (SSSR count). The van der Waals surface area contributed by atoms with E-state index in [0.29, 0.717) is 31.7 Å². The molecule has 1 heterocycles. The zero-order chi connectivity index (χ0) is 19.8. The van der Waals surface area contributed by atoms with Crippen LogP contribution in [0.2, 0.25) is 0 Å². The van der Waals surface area contributed by atoms with Crippen molar-refractivity contribution in [2.75, 3.05) is 39.9 Å². The lowest BCUT2D eigenvalue weighted by atomic mass is 10.2. The number of nitrogens with zero attached hydrogens (tertiary/aromatic N) is 3. The van der Waals surface area contributed by atoms with Gasteiger partial charge in [-0.05, 0) is 18.2 Å². The number of alkyl halides is 2. The summed E-state index contributed by atoms with van der Waals surface area (Å²) in [6.45, 7) is 0.207. The van der Waals surface area contributed by atoms with Crippen molar-refractivity contribution in [3.63, 3.8) is 0 Å². The van der Waals surface area contributed by atoms with Gasteiger partial charge in [0.1, 0.15) is 0 Å². The third kappa shape index (κ3) is 6.08. The summed E-state index contributed by atoms with van der Waals surface area (Å²) in [5, 5.41) is 3.70. The predicted molar refractivity (Wildman–Crippen MR) is 92.0 cm³/mol. The number of amides is 2. The molecule has 0 atom stereocenters. The molecule has 10 heteroatoms. The molecule has 1 aromatic rings.